The number of carbonyl (C=O) groups excluding carboxylic acids is 4. The topological polar surface area (TPSA) is 124 Å². The molecule has 11 heteroatoms. The summed E-state index contributed by atoms with van der Waals surface area (Å²) in [5, 5.41) is 3.39. The molecule has 11 nitrogen and oxygen atoms in total. The van der Waals surface area contributed by atoms with Gasteiger partial charge in [0.1, 0.15) is 0 Å². The molecule has 0 aliphatic rings. The third-order valence-corrected chi connectivity index (χ3v) is 5.37. The SMILES string of the molecule is COC(=O)CCN(CCCCCNCCN(CCC(=O)OC)CCC(=O)OC)CCC(=O)OC. The molecule has 0 aromatic rings. The van der Waals surface area contributed by atoms with Crippen LogP contribution < -0.4 is 5.32 Å². The van der Waals surface area contributed by atoms with E-state index in [-0.39, 0.29) is 36.7 Å². The number of esters is 4. The van der Waals surface area contributed by atoms with Gasteiger partial charge in [-0.3, -0.25) is 19.2 Å². The Morgan fingerprint density at radius 1 is 0.500 bits per heavy atom. The van der Waals surface area contributed by atoms with E-state index in [9.17, 15) is 19.2 Å². The molecular formula is C23H43N3O8. The minimum atomic E-state index is -0.275. The molecule has 0 saturated heterocycles. The summed E-state index contributed by atoms with van der Waals surface area (Å²) in [7, 11) is 5.46. The Labute approximate surface area is 203 Å². The number of ether oxygens (including phenoxy) is 4. The molecule has 0 radical (unpaired) electrons. The summed E-state index contributed by atoms with van der Waals surface area (Å²) in [6.07, 6.45) is 4.10. The van der Waals surface area contributed by atoms with Gasteiger partial charge in [-0.05, 0) is 25.9 Å². The molecule has 0 atom stereocenters. The van der Waals surface area contributed by atoms with Crippen molar-refractivity contribution in [2.45, 2.75) is 44.9 Å². The maximum absolute atomic E-state index is 11.4. The molecule has 1 N–H and O–H groups in total. The second kappa shape index (κ2) is 21.3. The van der Waals surface area contributed by atoms with Crippen molar-refractivity contribution in [3.63, 3.8) is 0 Å². The highest BCUT2D eigenvalue weighted by atomic mass is 16.5. The first-order chi connectivity index (χ1) is 16.4. The van der Waals surface area contributed by atoms with Gasteiger partial charge in [0.15, 0.2) is 0 Å². The number of carbonyl (C=O) groups is 4. The molecular weight excluding hydrogens is 446 g/mol. The van der Waals surface area contributed by atoms with E-state index in [4.69, 9.17) is 9.47 Å². The lowest BCUT2D eigenvalue weighted by molar-refractivity contribution is -0.142. The second-order valence-electron chi connectivity index (χ2n) is 7.80. The van der Waals surface area contributed by atoms with E-state index in [1.807, 2.05) is 4.90 Å². The lowest BCUT2D eigenvalue weighted by Gasteiger charge is -2.22. The van der Waals surface area contributed by atoms with Crippen molar-refractivity contribution in [1.82, 2.24) is 15.1 Å². The lowest BCUT2D eigenvalue weighted by atomic mass is 10.2. The maximum atomic E-state index is 11.4. The molecule has 0 rings (SSSR count). The summed E-state index contributed by atoms with van der Waals surface area (Å²) in [5.41, 5.74) is 0. The van der Waals surface area contributed by atoms with Crippen LogP contribution in [0.1, 0.15) is 44.9 Å². The van der Waals surface area contributed by atoms with Gasteiger partial charge in [0.05, 0.1) is 54.1 Å². The number of nitrogens with zero attached hydrogens (tertiary/aromatic N) is 2. The van der Waals surface area contributed by atoms with Crippen LogP contribution in [0.4, 0.5) is 0 Å². The van der Waals surface area contributed by atoms with Crippen LogP contribution in [0.25, 0.3) is 0 Å². The number of nitrogens with one attached hydrogen (secondary N) is 1. The molecule has 0 heterocycles. The first kappa shape index (κ1) is 31.8. The van der Waals surface area contributed by atoms with Crippen LogP contribution in [0.3, 0.4) is 0 Å². The van der Waals surface area contributed by atoms with Crippen LogP contribution in [-0.2, 0) is 38.1 Å². The Balaban J connectivity index is 4.15. The smallest absolute Gasteiger partial charge is 0.306 e. The zero-order valence-electron chi connectivity index (χ0n) is 21.3. The molecule has 0 aromatic carbocycles. The van der Waals surface area contributed by atoms with E-state index in [1.165, 1.54) is 28.4 Å². The standard InChI is InChI=1S/C23H43N3O8/c1-31-20(27)8-15-25(16-9-21(28)32-2)14-7-5-6-12-24-13-19-26(17-10-22(29)33-3)18-11-23(30)34-4/h24H,5-19H2,1-4H3. The van der Waals surface area contributed by atoms with Crippen LogP contribution in [0.5, 0.6) is 0 Å². The third kappa shape index (κ3) is 18.2. The predicted octanol–water partition coefficient (Wildman–Crippen LogP) is 0.603. The summed E-state index contributed by atoms with van der Waals surface area (Å²) >= 11 is 0. The van der Waals surface area contributed by atoms with Crippen molar-refractivity contribution >= 4 is 23.9 Å². The Kier molecular flexibility index (Phi) is 19.9. The second-order valence-corrected chi connectivity index (χ2v) is 7.80. The van der Waals surface area contributed by atoms with E-state index in [0.717, 1.165) is 38.9 Å². The average Bonchev–Trinajstić information content (AvgIpc) is 2.86. The molecule has 34 heavy (non-hydrogen) atoms. The minimum Gasteiger partial charge on any atom is -0.469 e. The summed E-state index contributed by atoms with van der Waals surface area (Å²) in [4.78, 5) is 49.8. The van der Waals surface area contributed by atoms with Crippen LogP contribution in [-0.4, -0.2) is 114 Å². The number of unbranched alkanes of at least 4 members (excludes halogenated alkanes) is 2. The predicted molar refractivity (Wildman–Crippen MR) is 126 cm³/mol. The van der Waals surface area contributed by atoms with Gasteiger partial charge in [-0.2, -0.15) is 0 Å². The van der Waals surface area contributed by atoms with Gasteiger partial charge in [0, 0.05) is 39.3 Å². The van der Waals surface area contributed by atoms with Gasteiger partial charge in [0.2, 0.25) is 0 Å². The van der Waals surface area contributed by atoms with E-state index in [1.54, 1.807) is 0 Å². The van der Waals surface area contributed by atoms with Gasteiger partial charge < -0.3 is 34.1 Å². The zero-order chi connectivity index (χ0) is 25.6. The largest absolute Gasteiger partial charge is 0.469 e. The lowest BCUT2D eigenvalue weighted by Crippen LogP contribution is -2.35. The molecule has 0 aliphatic heterocycles. The van der Waals surface area contributed by atoms with Crippen LogP contribution >= 0.6 is 0 Å². The van der Waals surface area contributed by atoms with Gasteiger partial charge in [-0.15, -0.1) is 0 Å². The van der Waals surface area contributed by atoms with Crippen molar-refractivity contribution in [3.8, 4) is 0 Å². The van der Waals surface area contributed by atoms with Crippen molar-refractivity contribution in [2.75, 3.05) is 80.8 Å². The number of rotatable bonds is 21. The fourth-order valence-corrected chi connectivity index (χ4v) is 3.20. The van der Waals surface area contributed by atoms with Crippen LogP contribution in [0, 0.1) is 0 Å². The van der Waals surface area contributed by atoms with Gasteiger partial charge in [0.25, 0.3) is 0 Å². The van der Waals surface area contributed by atoms with E-state index in [2.05, 4.69) is 19.7 Å². The zero-order valence-corrected chi connectivity index (χ0v) is 21.3. The highest BCUT2D eigenvalue weighted by molar-refractivity contribution is 5.70. The molecule has 0 spiro atoms. The first-order valence-electron chi connectivity index (χ1n) is 11.8. The van der Waals surface area contributed by atoms with Crippen LogP contribution in [0.2, 0.25) is 0 Å². The Morgan fingerprint density at radius 2 is 0.882 bits per heavy atom. The summed E-state index contributed by atoms with van der Waals surface area (Å²) in [5.74, 6) is -1.08. The van der Waals surface area contributed by atoms with Crippen molar-refractivity contribution in [2.24, 2.45) is 0 Å². The fraction of sp³-hybridized carbons (Fsp3) is 0.826. The highest BCUT2D eigenvalue weighted by Gasteiger charge is 2.12. The average molecular weight is 490 g/mol. The number of methoxy groups -OCH3 is 4. The maximum Gasteiger partial charge on any atom is 0.306 e. The molecule has 0 bridgehead atoms. The van der Waals surface area contributed by atoms with Gasteiger partial charge in [-0.25, -0.2) is 0 Å². The molecule has 0 amide bonds. The molecule has 0 fully saturated rings. The molecule has 198 valence electrons. The summed E-state index contributed by atoms with van der Waals surface area (Å²) < 4.78 is 18.8. The Morgan fingerprint density at radius 3 is 1.26 bits per heavy atom. The van der Waals surface area contributed by atoms with E-state index in [0.29, 0.717) is 45.6 Å². The Hall–Kier alpha value is -2.24. The molecule has 0 saturated carbocycles. The first-order valence-corrected chi connectivity index (χ1v) is 11.8. The van der Waals surface area contributed by atoms with Gasteiger partial charge >= 0.3 is 23.9 Å². The van der Waals surface area contributed by atoms with E-state index >= 15 is 0 Å². The summed E-state index contributed by atoms with van der Waals surface area (Å²) in [6, 6.07) is 0. The summed E-state index contributed by atoms with van der Waals surface area (Å²) in [6.45, 7) is 5.25. The normalized spacial score (nSPS) is 10.9. The van der Waals surface area contributed by atoms with E-state index < -0.39 is 0 Å². The van der Waals surface area contributed by atoms with Crippen molar-refractivity contribution < 1.29 is 38.1 Å². The third-order valence-electron chi connectivity index (χ3n) is 5.37. The van der Waals surface area contributed by atoms with Crippen molar-refractivity contribution in [3.05, 3.63) is 0 Å². The Bertz CT molecular complexity index is 499. The number of hydrogen-bond acceptors (Lipinski definition) is 11. The molecule has 0 aromatic heterocycles. The molecule has 0 aliphatic carbocycles. The number of hydrogen-bond donors (Lipinski definition) is 1. The fourth-order valence-electron chi connectivity index (χ4n) is 3.20. The van der Waals surface area contributed by atoms with Gasteiger partial charge in [-0.1, -0.05) is 6.42 Å². The highest BCUT2D eigenvalue weighted by Crippen LogP contribution is 2.03. The molecule has 0 unspecified atom stereocenters. The minimum absolute atomic E-state index is 0.264. The quantitative estimate of drug-likeness (QED) is 0.138. The monoisotopic (exact) mass is 489 g/mol. The van der Waals surface area contributed by atoms with Crippen molar-refractivity contribution in [1.29, 1.82) is 0 Å². The van der Waals surface area contributed by atoms with Crippen LogP contribution in [0.15, 0.2) is 0 Å².